The molecule has 34 heavy (non-hydrogen) atoms. The number of methoxy groups -OCH3 is 2. The van der Waals surface area contributed by atoms with E-state index in [-0.39, 0.29) is 17.9 Å². The molecule has 0 amide bonds. The number of allylic oxidation sites excluding steroid dienone is 3. The van der Waals surface area contributed by atoms with Crippen LogP contribution in [0.15, 0.2) is 47.1 Å². The molecule has 0 saturated heterocycles. The molecule has 7 heteroatoms. The van der Waals surface area contributed by atoms with Gasteiger partial charge in [0, 0.05) is 36.5 Å². The van der Waals surface area contributed by atoms with Crippen molar-refractivity contribution in [1.82, 2.24) is 0 Å². The van der Waals surface area contributed by atoms with Gasteiger partial charge in [0.2, 0.25) is 0 Å². The maximum atomic E-state index is 12.1. The van der Waals surface area contributed by atoms with E-state index in [2.05, 4.69) is 4.74 Å². The lowest BCUT2D eigenvalue weighted by Crippen LogP contribution is -2.08. The Morgan fingerprint density at radius 2 is 2.00 bits per heavy atom. The van der Waals surface area contributed by atoms with Gasteiger partial charge in [-0.25, -0.2) is 0 Å². The minimum Gasteiger partial charge on any atom is -0.497 e. The second-order valence-corrected chi connectivity index (χ2v) is 9.54. The smallest absolute Gasteiger partial charge is 0.310 e. The minimum atomic E-state index is -0.608. The van der Waals surface area contributed by atoms with Crippen molar-refractivity contribution in [1.29, 1.82) is 0 Å². The van der Waals surface area contributed by atoms with Crippen LogP contribution in [-0.2, 0) is 25.5 Å². The molecular formula is C27H38O6S. The molecule has 6 nitrogen and oxygen atoms in total. The second-order valence-electron chi connectivity index (χ2n) is 8.40. The summed E-state index contributed by atoms with van der Waals surface area (Å²) in [4.78, 5) is 24.4. The summed E-state index contributed by atoms with van der Waals surface area (Å²) in [6.07, 6.45) is 9.71. The van der Waals surface area contributed by atoms with Gasteiger partial charge in [0.05, 0.1) is 20.3 Å². The standard InChI is InChI=1S/C27H38O6S/c1-4-9-26(30)33-24-16-14-21(27(24)34-17-7-5-6-12-25(29)32-3)13-15-22(28)18-20-10-8-11-23(19-20)31-2/h8,10-11,13,15,19,21-22,28H,4-7,9,12,14,16-18H2,1-3H3/b15-13+. The van der Waals surface area contributed by atoms with Gasteiger partial charge in [-0.2, -0.15) is 0 Å². The molecule has 0 aromatic heterocycles. The van der Waals surface area contributed by atoms with Crippen LogP contribution in [0.1, 0.15) is 63.9 Å². The first-order valence-corrected chi connectivity index (χ1v) is 13.1. The third kappa shape index (κ3) is 9.94. The fourth-order valence-corrected chi connectivity index (χ4v) is 5.10. The molecule has 1 aromatic rings. The predicted octanol–water partition coefficient (Wildman–Crippen LogP) is 5.59. The number of carbonyl (C=O) groups is 2. The van der Waals surface area contributed by atoms with Crippen LogP contribution in [0.25, 0.3) is 0 Å². The lowest BCUT2D eigenvalue weighted by molar-refractivity contribution is -0.141. The van der Waals surface area contributed by atoms with Gasteiger partial charge >= 0.3 is 11.9 Å². The summed E-state index contributed by atoms with van der Waals surface area (Å²) in [5.74, 6) is 2.21. The highest BCUT2D eigenvalue weighted by molar-refractivity contribution is 8.03. The van der Waals surface area contributed by atoms with Crippen LogP contribution < -0.4 is 4.74 Å². The number of ether oxygens (including phenoxy) is 3. The number of benzene rings is 1. The minimum absolute atomic E-state index is 0.129. The largest absolute Gasteiger partial charge is 0.497 e. The zero-order chi connectivity index (χ0) is 24.8. The van der Waals surface area contributed by atoms with Crippen molar-refractivity contribution in [3.8, 4) is 5.75 Å². The van der Waals surface area contributed by atoms with Crippen molar-refractivity contribution in [3.05, 3.63) is 52.6 Å². The Hall–Kier alpha value is -2.25. The molecule has 188 valence electrons. The fraction of sp³-hybridized carbons (Fsp3) is 0.556. The molecule has 1 N–H and O–H groups in total. The summed E-state index contributed by atoms with van der Waals surface area (Å²) in [5, 5.41) is 10.6. The number of aliphatic hydroxyl groups is 1. The Morgan fingerprint density at radius 1 is 1.18 bits per heavy atom. The summed E-state index contributed by atoms with van der Waals surface area (Å²) in [6, 6.07) is 7.71. The number of esters is 2. The average molecular weight is 491 g/mol. The number of thioether (sulfide) groups is 1. The summed E-state index contributed by atoms with van der Waals surface area (Å²) >= 11 is 1.72. The number of unbranched alkanes of at least 4 members (excludes halogenated alkanes) is 2. The maximum absolute atomic E-state index is 12.1. The van der Waals surface area contributed by atoms with Gasteiger partial charge < -0.3 is 19.3 Å². The molecule has 2 unspecified atom stereocenters. The third-order valence-electron chi connectivity index (χ3n) is 5.64. The topological polar surface area (TPSA) is 82.1 Å². The van der Waals surface area contributed by atoms with E-state index in [1.54, 1.807) is 18.9 Å². The van der Waals surface area contributed by atoms with Crippen LogP contribution in [0.2, 0.25) is 0 Å². The Morgan fingerprint density at radius 3 is 2.74 bits per heavy atom. The fourth-order valence-electron chi connectivity index (χ4n) is 3.82. The molecule has 0 saturated carbocycles. The van der Waals surface area contributed by atoms with E-state index in [4.69, 9.17) is 9.47 Å². The molecule has 1 aliphatic rings. The van der Waals surface area contributed by atoms with Crippen molar-refractivity contribution >= 4 is 23.7 Å². The zero-order valence-electron chi connectivity index (χ0n) is 20.6. The Bertz CT molecular complexity index is 847. The summed E-state index contributed by atoms with van der Waals surface area (Å²) in [7, 11) is 3.04. The highest BCUT2D eigenvalue weighted by Gasteiger charge is 2.27. The van der Waals surface area contributed by atoms with Gasteiger partial charge in [0.1, 0.15) is 11.5 Å². The highest BCUT2D eigenvalue weighted by Crippen LogP contribution is 2.41. The van der Waals surface area contributed by atoms with Crippen LogP contribution in [-0.4, -0.2) is 43.1 Å². The molecule has 2 rings (SSSR count). The van der Waals surface area contributed by atoms with Crippen molar-refractivity contribution in [2.75, 3.05) is 20.0 Å². The van der Waals surface area contributed by atoms with E-state index in [0.29, 0.717) is 19.3 Å². The molecule has 0 radical (unpaired) electrons. The van der Waals surface area contributed by atoms with E-state index in [1.807, 2.05) is 43.3 Å². The lowest BCUT2D eigenvalue weighted by Gasteiger charge is -2.13. The van der Waals surface area contributed by atoms with Gasteiger partial charge in [-0.1, -0.05) is 37.6 Å². The molecule has 0 fully saturated rings. The second kappa shape index (κ2) is 15.6. The highest BCUT2D eigenvalue weighted by atomic mass is 32.2. The van der Waals surface area contributed by atoms with Gasteiger partial charge in [0.25, 0.3) is 0 Å². The Labute approximate surface area is 207 Å². The monoisotopic (exact) mass is 490 g/mol. The summed E-state index contributed by atoms with van der Waals surface area (Å²) in [6.45, 7) is 1.96. The number of hydrogen-bond donors (Lipinski definition) is 1. The number of aliphatic hydroxyl groups excluding tert-OH is 1. The van der Waals surface area contributed by atoms with Crippen molar-refractivity contribution in [3.63, 3.8) is 0 Å². The van der Waals surface area contributed by atoms with Crippen LogP contribution in [0.3, 0.4) is 0 Å². The van der Waals surface area contributed by atoms with Crippen LogP contribution in [0, 0.1) is 5.92 Å². The number of carbonyl (C=O) groups excluding carboxylic acids is 2. The normalized spacial score (nSPS) is 16.6. The lowest BCUT2D eigenvalue weighted by atomic mass is 10.0. The van der Waals surface area contributed by atoms with Crippen molar-refractivity contribution in [2.24, 2.45) is 5.92 Å². The molecule has 1 aliphatic carbocycles. The third-order valence-corrected chi connectivity index (χ3v) is 6.97. The van der Waals surface area contributed by atoms with Gasteiger partial charge in [-0.05, 0) is 49.1 Å². The first-order valence-electron chi connectivity index (χ1n) is 12.1. The van der Waals surface area contributed by atoms with Gasteiger partial charge in [-0.15, -0.1) is 11.8 Å². The summed E-state index contributed by atoms with van der Waals surface area (Å²) in [5.41, 5.74) is 1.01. The van der Waals surface area contributed by atoms with Gasteiger partial charge in [-0.3, -0.25) is 9.59 Å². The van der Waals surface area contributed by atoms with Crippen LogP contribution in [0.5, 0.6) is 5.75 Å². The van der Waals surface area contributed by atoms with Crippen LogP contribution >= 0.6 is 11.8 Å². The molecule has 0 spiro atoms. The predicted molar refractivity (Wildman–Crippen MR) is 136 cm³/mol. The quantitative estimate of drug-likeness (QED) is 0.195. The van der Waals surface area contributed by atoms with Gasteiger partial charge in [0.15, 0.2) is 0 Å². The van der Waals surface area contributed by atoms with Crippen molar-refractivity contribution in [2.45, 2.75) is 70.8 Å². The molecule has 0 heterocycles. The van der Waals surface area contributed by atoms with E-state index < -0.39 is 6.10 Å². The SMILES string of the molecule is CCCC(=O)OC1=C(SCCCCCC(=O)OC)C(/C=C/C(O)Cc2cccc(OC)c2)CC1. The molecule has 2 atom stereocenters. The molecule has 0 aliphatic heterocycles. The van der Waals surface area contributed by atoms with Crippen LogP contribution in [0.4, 0.5) is 0 Å². The molecule has 0 bridgehead atoms. The van der Waals surface area contributed by atoms with E-state index in [9.17, 15) is 14.7 Å². The zero-order valence-corrected chi connectivity index (χ0v) is 21.4. The molecular weight excluding hydrogens is 452 g/mol. The van der Waals surface area contributed by atoms with E-state index in [1.165, 1.54) is 7.11 Å². The number of hydrogen-bond acceptors (Lipinski definition) is 7. The average Bonchev–Trinajstić information content (AvgIpc) is 3.20. The van der Waals surface area contributed by atoms with E-state index in [0.717, 1.165) is 66.3 Å². The Kier molecular flexibility index (Phi) is 12.9. The van der Waals surface area contributed by atoms with Crippen molar-refractivity contribution < 1.29 is 28.9 Å². The Balaban J connectivity index is 1.96. The first kappa shape index (κ1) is 28.0. The summed E-state index contributed by atoms with van der Waals surface area (Å²) < 4.78 is 15.6. The van der Waals surface area contributed by atoms with E-state index >= 15 is 0 Å². The number of rotatable bonds is 15. The maximum Gasteiger partial charge on any atom is 0.310 e. The molecule has 1 aromatic carbocycles. The first-order chi connectivity index (χ1) is 16.5.